The molecule has 144 valence electrons. The van der Waals surface area contributed by atoms with Crippen LogP contribution in [0.15, 0.2) is 42.5 Å². The molecule has 0 fully saturated rings. The van der Waals surface area contributed by atoms with E-state index in [1.165, 1.54) is 16.4 Å². The molecular formula is C20H23FN2O3S. The van der Waals surface area contributed by atoms with E-state index in [2.05, 4.69) is 5.32 Å². The van der Waals surface area contributed by atoms with Crippen molar-refractivity contribution in [3.8, 4) is 0 Å². The second kappa shape index (κ2) is 8.08. The highest BCUT2D eigenvalue weighted by molar-refractivity contribution is 7.92. The minimum Gasteiger partial charge on any atom is -0.326 e. The van der Waals surface area contributed by atoms with Gasteiger partial charge in [-0.1, -0.05) is 12.1 Å². The third-order valence-electron chi connectivity index (χ3n) is 4.69. The molecule has 1 N–H and O–H groups in total. The summed E-state index contributed by atoms with van der Waals surface area (Å²) in [4.78, 5) is 12.2. The SMILES string of the molecule is CCS(=O)(=O)N1CCCc2cc(NC(=O)CCc3ccc(F)cc3)ccc21. The van der Waals surface area contributed by atoms with Gasteiger partial charge >= 0.3 is 0 Å². The number of fused-ring (bicyclic) bond motifs is 1. The molecule has 0 saturated heterocycles. The van der Waals surface area contributed by atoms with Crippen LogP contribution < -0.4 is 9.62 Å². The van der Waals surface area contributed by atoms with Crippen molar-refractivity contribution >= 4 is 27.3 Å². The van der Waals surface area contributed by atoms with Crippen molar-refractivity contribution in [2.75, 3.05) is 21.9 Å². The average Bonchev–Trinajstić information content (AvgIpc) is 2.67. The van der Waals surface area contributed by atoms with Gasteiger partial charge in [-0.25, -0.2) is 12.8 Å². The lowest BCUT2D eigenvalue weighted by Crippen LogP contribution is -2.36. The van der Waals surface area contributed by atoms with Crippen molar-refractivity contribution in [3.05, 3.63) is 59.4 Å². The molecule has 0 saturated carbocycles. The molecule has 3 rings (SSSR count). The van der Waals surface area contributed by atoms with Gasteiger partial charge < -0.3 is 5.32 Å². The molecule has 27 heavy (non-hydrogen) atoms. The Morgan fingerprint density at radius 1 is 1.19 bits per heavy atom. The van der Waals surface area contributed by atoms with Crippen LogP contribution in [-0.4, -0.2) is 26.6 Å². The zero-order valence-corrected chi connectivity index (χ0v) is 16.1. The van der Waals surface area contributed by atoms with E-state index >= 15 is 0 Å². The monoisotopic (exact) mass is 390 g/mol. The summed E-state index contributed by atoms with van der Waals surface area (Å²) in [6.45, 7) is 2.13. The Hall–Kier alpha value is -2.41. The second-order valence-corrected chi connectivity index (χ2v) is 8.78. The fraction of sp³-hybridized carbons (Fsp3) is 0.350. The van der Waals surface area contributed by atoms with Gasteiger partial charge in [0.2, 0.25) is 15.9 Å². The molecule has 1 aliphatic rings. The van der Waals surface area contributed by atoms with E-state index < -0.39 is 10.0 Å². The van der Waals surface area contributed by atoms with Crippen LogP contribution in [0.2, 0.25) is 0 Å². The van der Waals surface area contributed by atoms with Crippen molar-refractivity contribution in [3.63, 3.8) is 0 Å². The maximum Gasteiger partial charge on any atom is 0.234 e. The minimum absolute atomic E-state index is 0.0638. The highest BCUT2D eigenvalue weighted by atomic mass is 32.2. The number of hydrogen-bond donors (Lipinski definition) is 1. The zero-order valence-electron chi connectivity index (χ0n) is 15.2. The number of benzene rings is 2. The molecule has 1 amide bonds. The standard InChI is InChI=1S/C20H23FN2O3S/c1-2-27(25,26)23-13-3-4-16-14-18(10-11-19(16)23)22-20(24)12-7-15-5-8-17(21)9-6-15/h5-6,8-11,14H,2-4,7,12-13H2,1H3,(H,22,24). The zero-order chi connectivity index (χ0) is 19.4. The Morgan fingerprint density at radius 2 is 1.93 bits per heavy atom. The van der Waals surface area contributed by atoms with E-state index in [0.29, 0.717) is 30.8 Å². The summed E-state index contributed by atoms with van der Waals surface area (Å²) in [5.41, 5.74) is 3.19. The number of amides is 1. The summed E-state index contributed by atoms with van der Waals surface area (Å²) < 4.78 is 38.9. The molecular weight excluding hydrogens is 367 g/mol. The first kappa shape index (κ1) is 19.4. The van der Waals surface area contributed by atoms with E-state index in [0.717, 1.165) is 24.0 Å². The molecule has 2 aromatic carbocycles. The molecule has 0 spiro atoms. The van der Waals surface area contributed by atoms with Gasteiger partial charge in [-0.15, -0.1) is 0 Å². The van der Waals surface area contributed by atoms with Crippen molar-refractivity contribution in [2.45, 2.75) is 32.6 Å². The first-order valence-corrected chi connectivity index (χ1v) is 10.7. The number of nitrogens with zero attached hydrogens (tertiary/aromatic N) is 1. The predicted octanol–water partition coefficient (Wildman–Crippen LogP) is 3.50. The number of nitrogens with one attached hydrogen (secondary N) is 1. The van der Waals surface area contributed by atoms with Crippen LogP contribution in [0.3, 0.4) is 0 Å². The Labute approximate surface area is 159 Å². The number of aryl methyl sites for hydroxylation is 2. The minimum atomic E-state index is -3.29. The van der Waals surface area contributed by atoms with Crippen molar-refractivity contribution in [1.82, 2.24) is 0 Å². The lowest BCUT2D eigenvalue weighted by atomic mass is 10.0. The van der Waals surface area contributed by atoms with Gasteiger partial charge in [-0.05, 0) is 67.6 Å². The number of sulfonamides is 1. The summed E-state index contributed by atoms with van der Waals surface area (Å²) in [7, 11) is -3.29. The highest BCUT2D eigenvalue weighted by Crippen LogP contribution is 2.31. The van der Waals surface area contributed by atoms with Gasteiger partial charge in [-0.3, -0.25) is 9.10 Å². The van der Waals surface area contributed by atoms with Crippen LogP contribution in [0.4, 0.5) is 15.8 Å². The maximum atomic E-state index is 12.9. The van der Waals surface area contributed by atoms with Gasteiger partial charge in [0.15, 0.2) is 0 Å². The molecule has 0 radical (unpaired) electrons. The van der Waals surface area contributed by atoms with Gasteiger partial charge in [0.1, 0.15) is 5.82 Å². The summed E-state index contributed by atoms with van der Waals surface area (Å²) in [6, 6.07) is 11.5. The fourth-order valence-corrected chi connectivity index (χ4v) is 4.41. The van der Waals surface area contributed by atoms with Gasteiger partial charge in [0.25, 0.3) is 0 Å². The Kier molecular flexibility index (Phi) is 5.79. The molecule has 5 nitrogen and oxygen atoms in total. The normalized spacial score (nSPS) is 13.9. The van der Waals surface area contributed by atoms with Crippen LogP contribution >= 0.6 is 0 Å². The summed E-state index contributed by atoms with van der Waals surface area (Å²) in [6.07, 6.45) is 2.36. The Morgan fingerprint density at radius 3 is 2.63 bits per heavy atom. The van der Waals surface area contributed by atoms with Gasteiger partial charge in [-0.2, -0.15) is 0 Å². The van der Waals surface area contributed by atoms with E-state index in [1.807, 2.05) is 6.07 Å². The average molecular weight is 390 g/mol. The van der Waals surface area contributed by atoms with Crippen molar-refractivity contribution in [2.24, 2.45) is 0 Å². The molecule has 0 atom stereocenters. The van der Waals surface area contributed by atoms with Crippen LogP contribution in [0.1, 0.15) is 30.9 Å². The van der Waals surface area contributed by atoms with Crippen molar-refractivity contribution < 1.29 is 17.6 Å². The number of rotatable bonds is 6. The molecule has 0 unspecified atom stereocenters. The topological polar surface area (TPSA) is 66.5 Å². The second-order valence-electron chi connectivity index (χ2n) is 6.59. The molecule has 0 aromatic heterocycles. The molecule has 0 bridgehead atoms. The summed E-state index contributed by atoms with van der Waals surface area (Å²) >= 11 is 0. The number of hydrogen-bond acceptors (Lipinski definition) is 3. The largest absolute Gasteiger partial charge is 0.326 e. The maximum absolute atomic E-state index is 12.9. The summed E-state index contributed by atoms with van der Waals surface area (Å²) in [5.74, 6) is -0.363. The summed E-state index contributed by atoms with van der Waals surface area (Å²) in [5, 5.41) is 2.86. The molecule has 1 aliphatic heterocycles. The lowest BCUT2D eigenvalue weighted by Gasteiger charge is -2.30. The van der Waals surface area contributed by atoms with Crippen molar-refractivity contribution in [1.29, 1.82) is 0 Å². The third-order valence-corrected chi connectivity index (χ3v) is 6.47. The fourth-order valence-electron chi connectivity index (χ4n) is 3.22. The van der Waals surface area contributed by atoms with Gasteiger partial charge in [0.05, 0.1) is 11.4 Å². The van der Waals surface area contributed by atoms with Crippen LogP contribution in [0, 0.1) is 5.82 Å². The quantitative estimate of drug-likeness (QED) is 0.821. The van der Waals surface area contributed by atoms with Crippen LogP contribution in [0.5, 0.6) is 0 Å². The highest BCUT2D eigenvalue weighted by Gasteiger charge is 2.26. The number of carbonyl (C=O) groups is 1. The molecule has 7 heteroatoms. The van der Waals surface area contributed by atoms with Gasteiger partial charge in [0, 0.05) is 18.7 Å². The lowest BCUT2D eigenvalue weighted by molar-refractivity contribution is -0.116. The first-order valence-electron chi connectivity index (χ1n) is 9.06. The van der Waals surface area contributed by atoms with E-state index in [-0.39, 0.29) is 17.5 Å². The van der Waals surface area contributed by atoms with Crippen LogP contribution in [-0.2, 0) is 27.7 Å². The van der Waals surface area contributed by atoms with Crippen LogP contribution in [0.25, 0.3) is 0 Å². The smallest absolute Gasteiger partial charge is 0.234 e. The molecule has 2 aromatic rings. The first-order chi connectivity index (χ1) is 12.9. The number of halogens is 1. The Bertz CT molecular complexity index is 927. The molecule has 1 heterocycles. The molecule has 0 aliphatic carbocycles. The Balaban J connectivity index is 1.66. The predicted molar refractivity (Wildman–Crippen MR) is 105 cm³/mol. The third kappa shape index (κ3) is 4.66. The number of carbonyl (C=O) groups excluding carboxylic acids is 1. The van der Waals surface area contributed by atoms with E-state index in [9.17, 15) is 17.6 Å². The number of anilines is 2. The van der Waals surface area contributed by atoms with E-state index in [4.69, 9.17) is 0 Å². The van der Waals surface area contributed by atoms with E-state index in [1.54, 1.807) is 31.2 Å².